The zero-order valence-corrected chi connectivity index (χ0v) is 26.8. The first-order valence-electron chi connectivity index (χ1n) is 13.9. The van der Waals surface area contributed by atoms with Gasteiger partial charge in [-0.2, -0.15) is 0 Å². The summed E-state index contributed by atoms with van der Waals surface area (Å²) in [6.45, 7) is -4.49. The summed E-state index contributed by atoms with van der Waals surface area (Å²) in [7, 11) is 3.15. The van der Waals surface area contributed by atoms with Gasteiger partial charge in [0.1, 0.15) is 17.2 Å². The molecule has 5 nitrogen and oxygen atoms in total. The largest absolute Gasteiger partial charge is 0.642 e. The molecule has 0 unspecified atom stereocenters. The van der Waals surface area contributed by atoms with Crippen molar-refractivity contribution >= 4 is 61.8 Å². The van der Waals surface area contributed by atoms with Crippen LogP contribution in [0.1, 0.15) is 11.1 Å². The first kappa shape index (κ1) is 28.5. The van der Waals surface area contributed by atoms with Crippen LogP contribution in [-0.4, -0.2) is 41.7 Å². The van der Waals surface area contributed by atoms with E-state index in [0.717, 1.165) is 20.1 Å². The topological polar surface area (TPSA) is 38.8 Å². The van der Waals surface area contributed by atoms with Crippen molar-refractivity contribution < 1.29 is 22.6 Å². The number of aliphatic imine (C=N–C) groups is 1. The average Bonchev–Trinajstić information content (AvgIpc) is 3.53. The third-order valence-corrected chi connectivity index (χ3v) is 9.47. The van der Waals surface area contributed by atoms with E-state index in [1.807, 2.05) is 60.7 Å². The molecule has 2 aliphatic heterocycles. The molecule has 3 heterocycles. The lowest BCUT2D eigenvalue weighted by atomic mass is 9.90. The molecule has 10 heteroatoms. The molecule has 0 amide bonds. The van der Waals surface area contributed by atoms with E-state index in [0.29, 0.717) is 54.1 Å². The summed E-state index contributed by atoms with van der Waals surface area (Å²) in [5.41, 5.74) is 4.57. The van der Waals surface area contributed by atoms with E-state index in [4.69, 9.17) is 14.5 Å². The second kappa shape index (κ2) is 11.0. The molecule has 218 valence electrons. The Balaban J connectivity index is 1.59. The van der Waals surface area contributed by atoms with E-state index in [9.17, 15) is 0 Å². The number of amidine groups is 1. The molecule has 2 aliphatic rings. The molecular weight excluding hydrogens is 691 g/mol. The minimum Gasteiger partial charge on any atom is -0.497 e. The van der Waals surface area contributed by atoms with Crippen molar-refractivity contribution in [2.24, 2.45) is 4.99 Å². The second-order valence-corrected chi connectivity index (χ2v) is 11.9. The van der Waals surface area contributed by atoms with E-state index in [1.165, 1.54) is 0 Å². The number of benzene rings is 4. The molecule has 7 rings (SSSR count). The first-order chi connectivity index (χ1) is 21.3. The van der Waals surface area contributed by atoms with E-state index >= 15 is 8.63 Å². The van der Waals surface area contributed by atoms with E-state index < -0.39 is 6.97 Å². The van der Waals surface area contributed by atoms with Crippen molar-refractivity contribution in [3.63, 3.8) is 0 Å². The summed E-state index contributed by atoms with van der Waals surface area (Å²) in [5, 5.41) is 0. The Hall–Kier alpha value is -4.28. The fraction of sp³-hybridized carbons (Fsp3) is 0.0588. The Morgan fingerprint density at radius 1 is 0.682 bits per heavy atom. The van der Waals surface area contributed by atoms with Crippen molar-refractivity contribution in [3.8, 4) is 33.9 Å². The minimum absolute atomic E-state index is 0.176. The van der Waals surface area contributed by atoms with Crippen LogP contribution in [0.25, 0.3) is 28.0 Å². The second-order valence-electron chi connectivity index (χ2n) is 10.4. The Labute approximate surface area is 270 Å². The summed E-state index contributed by atoms with van der Waals surface area (Å²) < 4.78 is 49.2. The monoisotopic (exact) mass is 713 g/mol. The summed E-state index contributed by atoms with van der Waals surface area (Å²) in [5.74, 6) is 1.61. The van der Waals surface area contributed by atoms with Crippen LogP contribution in [-0.2, 0) is 0 Å². The number of allylic oxidation sites excluding steroid dienone is 1. The van der Waals surface area contributed by atoms with Gasteiger partial charge in [-0.1, -0.05) is 60.7 Å². The molecule has 1 aromatic heterocycles. The summed E-state index contributed by atoms with van der Waals surface area (Å²) in [6, 6.07) is 33.2. The number of fused-ring (bicyclic) bond motifs is 2. The number of rotatable bonds is 6. The van der Waals surface area contributed by atoms with Gasteiger partial charge in [-0.3, -0.25) is 0 Å². The van der Waals surface area contributed by atoms with Crippen LogP contribution >= 0.6 is 31.9 Å². The fourth-order valence-electron chi connectivity index (χ4n) is 5.89. The van der Waals surface area contributed by atoms with E-state index in [-0.39, 0.29) is 11.7 Å². The number of halogens is 4. The molecule has 0 radical (unpaired) electrons. The maximum atomic E-state index is 17.6. The molecule has 0 atom stereocenters. The Kier molecular flexibility index (Phi) is 7.13. The predicted octanol–water partition coefficient (Wildman–Crippen LogP) is 9.19. The Morgan fingerprint density at radius 3 is 1.75 bits per heavy atom. The van der Waals surface area contributed by atoms with Crippen LogP contribution in [0.2, 0.25) is 0 Å². The van der Waals surface area contributed by atoms with Gasteiger partial charge in [-0.05, 0) is 102 Å². The van der Waals surface area contributed by atoms with Gasteiger partial charge in [0, 0.05) is 11.3 Å². The minimum atomic E-state index is -4.49. The molecular formula is C34H24BBr2F2N3O2. The zero-order valence-electron chi connectivity index (χ0n) is 23.6. The maximum absolute atomic E-state index is 17.6. The maximum Gasteiger partial charge on any atom is 0.642 e. The number of aromatic nitrogens is 1. The van der Waals surface area contributed by atoms with Crippen LogP contribution in [0.5, 0.6) is 11.5 Å². The lowest BCUT2D eigenvalue weighted by molar-refractivity contribution is -0.291. The third-order valence-electron chi connectivity index (χ3n) is 7.93. The molecule has 0 saturated heterocycles. The Bertz CT molecular complexity index is 2010. The number of hydrogen-bond acceptors (Lipinski definition) is 3. The molecule has 5 aromatic rings. The van der Waals surface area contributed by atoms with Crippen LogP contribution in [0.4, 0.5) is 14.4 Å². The van der Waals surface area contributed by atoms with Gasteiger partial charge in [0.25, 0.3) is 5.84 Å². The van der Waals surface area contributed by atoms with Gasteiger partial charge in [0.05, 0.1) is 34.3 Å². The fourth-order valence-corrected chi connectivity index (χ4v) is 7.54. The number of ether oxygens (including phenoxy) is 2. The zero-order chi connectivity index (χ0) is 30.6. The van der Waals surface area contributed by atoms with Crippen molar-refractivity contribution in [2.45, 2.75) is 0 Å². The highest BCUT2D eigenvalue weighted by molar-refractivity contribution is 9.12. The highest BCUT2D eigenvalue weighted by Crippen LogP contribution is 2.52. The average molecular weight is 715 g/mol. The summed E-state index contributed by atoms with van der Waals surface area (Å²) in [4.78, 5) is 5.09. The van der Waals surface area contributed by atoms with Gasteiger partial charge >= 0.3 is 6.97 Å². The molecule has 0 fully saturated rings. The van der Waals surface area contributed by atoms with E-state index in [2.05, 4.69) is 31.9 Å². The molecule has 0 spiro atoms. The summed E-state index contributed by atoms with van der Waals surface area (Å²) in [6.07, 6.45) is 0. The molecule has 0 aliphatic carbocycles. The smallest absolute Gasteiger partial charge is 0.497 e. The third kappa shape index (κ3) is 4.38. The lowest BCUT2D eigenvalue weighted by Crippen LogP contribution is -2.53. The normalized spacial score (nSPS) is 15.2. The van der Waals surface area contributed by atoms with Crippen molar-refractivity contribution in [1.29, 1.82) is 0 Å². The molecule has 0 saturated carbocycles. The van der Waals surface area contributed by atoms with Gasteiger partial charge < -0.3 is 27.1 Å². The summed E-state index contributed by atoms with van der Waals surface area (Å²) >= 11 is 7.49. The van der Waals surface area contributed by atoms with Crippen molar-refractivity contribution in [2.75, 3.05) is 14.2 Å². The van der Waals surface area contributed by atoms with Gasteiger partial charge in [-0.25, -0.2) is 0 Å². The van der Waals surface area contributed by atoms with Crippen molar-refractivity contribution in [3.05, 3.63) is 129 Å². The van der Waals surface area contributed by atoms with Gasteiger partial charge in [0.2, 0.25) is 5.82 Å². The van der Waals surface area contributed by atoms with Crippen LogP contribution in [0, 0.1) is 0 Å². The Morgan fingerprint density at radius 2 is 1.20 bits per heavy atom. The predicted molar refractivity (Wildman–Crippen MR) is 180 cm³/mol. The van der Waals surface area contributed by atoms with Crippen molar-refractivity contribution in [1.82, 2.24) is 4.48 Å². The lowest BCUT2D eigenvalue weighted by Gasteiger charge is -2.32. The quantitative estimate of drug-likeness (QED) is 0.165. The number of hydrogen-bond donors (Lipinski definition) is 0. The van der Waals surface area contributed by atoms with Crippen LogP contribution < -0.4 is 9.47 Å². The van der Waals surface area contributed by atoms with Gasteiger partial charge in [-0.15, -0.1) is 0 Å². The molecule has 44 heavy (non-hydrogen) atoms. The van der Waals surface area contributed by atoms with Gasteiger partial charge in [0.15, 0.2) is 0 Å². The van der Waals surface area contributed by atoms with Crippen LogP contribution in [0.3, 0.4) is 0 Å². The molecule has 4 aromatic carbocycles. The van der Waals surface area contributed by atoms with E-state index in [1.54, 1.807) is 62.8 Å². The SMILES string of the molecule is COc1ccc(C2=[N+]3C(=Nc4c(-c5ccccc5)c(Br)c(-c5ccc(OC)cc5)n4[B-]3(F)F)C(c3ccccc3)=C2Br)cc1. The standard InChI is InChI=1S/C34H24BBr2F2N3O2/c1-43-25-17-13-23(14-18-25)31-29(36)27(21-9-5-3-6-10-21)33-40-34-28(22-11-7-4-8-12-22)30(37)32(42(34)35(38,39)41(31)33)24-15-19-26(44-2)20-16-24/h3-20H,1-2H3. The molecule has 0 N–H and O–H groups in total. The van der Waals surface area contributed by atoms with Crippen LogP contribution in [0.15, 0.2) is 123 Å². The highest BCUT2D eigenvalue weighted by atomic mass is 79.9. The molecule has 0 bridgehead atoms. The number of methoxy groups -OCH3 is 2. The number of nitrogens with zero attached hydrogens (tertiary/aromatic N) is 3. The first-order valence-corrected chi connectivity index (χ1v) is 15.4. The highest BCUT2D eigenvalue weighted by Gasteiger charge is 2.55.